The van der Waals surface area contributed by atoms with Crippen molar-refractivity contribution in [3.63, 3.8) is 0 Å². The molecule has 1 aromatic heterocycles. The summed E-state index contributed by atoms with van der Waals surface area (Å²) in [4.78, 5) is 4.42. The number of hydrogen-bond acceptors (Lipinski definition) is 2. The molecule has 0 unspecified atom stereocenters. The molecule has 94 valence electrons. The van der Waals surface area contributed by atoms with Crippen molar-refractivity contribution < 1.29 is 0 Å². The number of anilines is 2. The van der Waals surface area contributed by atoms with Crippen LogP contribution in [0.3, 0.4) is 0 Å². The number of halogens is 1. The number of nitrogens with zero attached hydrogens (tertiary/aromatic N) is 2. The summed E-state index contributed by atoms with van der Waals surface area (Å²) in [7, 11) is 0. The minimum Gasteiger partial charge on any atom is -0.325 e. The molecule has 0 radical (unpaired) electrons. The highest BCUT2D eigenvalue weighted by molar-refractivity contribution is 9.10. The molecule has 0 aliphatic heterocycles. The molecule has 1 fully saturated rings. The Kier molecular flexibility index (Phi) is 2.90. The number of benzene rings is 1. The van der Waals surface area contributed by atoms with E-state index in [9.17, 15) is 0 Å². The van der Waals surface area contributed by atoms with Gasteiger partial charge in [0.1, 0.15) is 0 Å². The third kappa shape index (κ3) is 2.17. The molecule has 4 heteroatoms. The quantitative estimate of drug-likeness (QED) is 0.914. The van der Waals surface area contributed by atoms with Crippen molar-refractivity contribution in [2.24, 2.45) is 0 Å². The summed E-state index contributed by atoms with van der Waals surface area (Å²) in [5, 5.41) is 3.47. The molecule has 1 saturated carbocycles. The second-order valence-electron chi connectivity index (χ2n) is 4.93. The zero-order chi connectivity index (χ0) is 12.7. The van der Waals surface area contributed by atoms with Crippen molar-refractivity contribution in [2.75, 3.05) is 5.32 Å². The van der Waals surface area contributed by atoms with E-state index in [-0.39, 0.29) is 0 Å². The monoisotopic (exact) mass is 305 g/mol. The molecule has 1 N–H and O–H groups in total. The highest BCUT2D eigenvalue weighted by Gasteiger charge is 2.25. The second-order valence-corrected chi connectivity index (χ2v) is 5.84. The van der Waals surface area contributed by atoms with Crippen molar-refractivity contribution in [1.82, 2.24) is 9.55 Å². The Morgan fingerprint density at radius 2 is 1.94 bits per heavy atom. The molecular weight excluding hydrogens is 290 g/mol. The van der Waals surface area contributed by atoms with Gasteiger partial charge in [0.25, 0.3) is 0 Å². The second kappa shape index (κ2) is 4.43. The van der Waals surface area contributed by atoms with Crippen molar-refractivity contribution in [2.45, 2.75) is 32.7 Å². The summed E-state index contributed by atoms with van der Waals surface area (Å²) < 4.78 is 3.36. The lowest BCUT2D eigenvalue weighted by Gasteiger charge is -2.14. The smallest absolute Gasteiger partial charge is 0.207 e. The van der Waals surface area contributed by atoms with Gasteiger partial charge in [-0.2, -0.15) is 0 Å². The molecule has 0 atom stereocenters. The number of rotatable bonds is 3. The van der Waals surface area contributed by atoms with Crippen molar-refractivity contribution in [3.05, 3.63) is 40.1 Å². The zero-order valence-electron chi connectivity index (χ0n) is 10.6. The summed E-state index contributed by atoms with van der Waals surface area (Å²) in [6.45, 7) is 4.23. The van der Waals surface area contributed by atoms with Gasteiger partial charge in [0.05, 0.1) is 0 Å². The van der Waals surface area contributed by atoms with Crippen LogP contribution in [0.5, 0.6) is 0 Å². The van der Waals surface area contributed by atoms with Crippen LogP contribution in [-0.4, -0.2) is 9.55 Å². The standard InChI is InChI=1S/C14H16BrN3/c1-9-7-11(15)8-10(2)13(9)17-14-16-5-6-18(14)12-3-4-12/h5-8,12H,3-4H2,1-2H3,(H,16,17). The Morgan fingerprint density at radius 1 is 1.28 bits per heavy atom. The number of aryl methyl sites for hydroxylation is 2. The minimum absolute atomic E-state index is 0.645. The summed E-state index contributed by atoms with van der Waals surface area (Å²) in [5.74, 6) is 0.950. The SMILES string of the molecule is Cc1cc(Br)cc(C)c1Nc1nccn1C1CC1. The van der Waals surface area contributed by atoms with E-state index in [2.05, 4.69) is 63.0 Å². The maximum atomic E-state index is 4.42. The summed E-state index contributed by atoms with van der Waals surface area (Å²) >= 11 is 3.52. The van der Waals surface area contributed by atoms with Crippen LogP contribution in [0, 0.1) is 13.8 Å². The van der Waals surface area contributed by atoms with Crippen LogP contribution >= 0.6 is 15.9 Å². The Balaban J connectivity index is 1.94. The largest absolute Gasteiger partial charge is 0.325 e. The molecule has 0 amide bonds. The van der Waals surface area contributed by atoms with Crippen LogP contribution in [0.25, 0.3) is 0 Å². The normalized spacial score (nSPS) is 14.8. The van der Waals surface area contributed by atoms with Crippen LogP contribution in [-0.2, 0) is 0 Å². The molecule has 0 bridgehead atoms. The first-order valence-corrected chi connectivity index (χ1v) is 7.01. The van der Waals surface area contributed by atoms with Crippen LogP contribution in [0.15, 0.2) is 29.0 Å². The van der Waals surface area contributed by atoms with E-state index >= 15 is 0 Å². The predicted molar refractivity (Wildman–Crippen MR) is 77.4 cm³/mol. The number of imidazole rings is 1. The van der Waals surface area contributed by atoms with Gasteiger partial charge < -0.3 is 9.88 Å². The molecule has 3 nitrogen and oxygen atoms in total. The lowest BCUT2D eigenvalue weighted by atomic mass is 10.1. The first kappa shape index (κ1) is 11.8. The van der Waals surface area contributed by atoms with Crippen LogP contribution in [0.1, 0.15) is 30.0 Å². The fourth-order valence-corrected chi connectivity index (χ4v) is 2.96. The maximum absolute atomic E-state index is 4.42. The maximum Gasteiger partial charge on any atom is 0.207 e. The first-order chi connectivity index (χ1) is 8.65. The van der Waals surface area contributed by atoms with E-state index in [0.717, 1.165) is 16.1 Å². The van der Waals surface area contributed by atoms with E-state index in [0.29, 0.717) is 6.04 Å². The van der Waals surface area contributed by atoms with Gasteiger partial charge in [0.15, 0.2) is 0 Å². The Bertz CT molecular complexity index is 561. The van der Waals surface area contributed by atoms with Gasteiger partial charge in [-0.05, 0) is 49.9 Å². The molecule has 2 aromatic rings. The molecule has 0 saturated heterocycles. The molecule has 1 aromatic carbocycles. The van der Waals surface area contributed by atoms with Crippen molar-refractivity contribution >= 4 is 27.6 Å². The predicted octanol–water partition coefficient (Wildman–Crippen LogP) is 4.34. The average molecular weight is 306 g/mol. The van der Waals surface area contributed by atoms with Crippen LogP contribution in [0.2, 0.25) is 0 Å². The summed E-state index contributed by atoms with van der Waals surface area (Å²) in [5.41, 5.74) is 3.62. The molecule has 18 heavy (non-hydrogen) atoms. The number of aromatic nitrogens is 2. The molecular formula is C14H16BrN3. The van der Waals surface area contributed by atoms with Gasteiger partial charge >= 0.3 is 0 Å². The average Bonchev–Trinajstić information content (AvgIpc) is 3.04. The summed E-state index contributed by atoms with van der Waals surface area (Å²) in [6, 6.07) is 4.89. The lowest BCUT2D eigenvalue weighted by Crippen LogP contribution is -2.03. The molecule has 1 heterocycles. The van der Waals surface area contributed by atoms with E-state index in [1.54, 1.807) is 0 Å². The Morgan fingerprint density at radius 3 is 2.56 bits per heavy atom. The van der Waals surface area contributed by atoms with Gasteiger partial charge in [-0.15, -0.1) is 0 Å². The van der Waals surface area contributed by atoms with Gasteiger partial charge in [-0.3, -0.25) is 0 Å². The van der Waals surface area contributed by atoms with E-state index in [1.807, 2.05) is 6.20 Å². The highest BCUT2D eigenvalue weighted by Crippen LogP contribution is 2.38. The highest BCUT2D eigenvalue weighted by atomic mass is 79.9. The Hall–Kier alpha value is -1.29. The van der Waals surface area contributed by atoms with Gasteiger partial charge in [-0.25, -0.2) is 4.98 Å². The minimum atomic E-state index is 0.645. The lowest BCUT2D eigenvalue weighted by molar-refractivity contribution is 0.750. The van der Waals surface area contributed by atoms with Gasteiger partial charge in [-0.1, -0.05) is 15.9 Å². The number of nitrogens with one attached hydrogen (secondary N) is 1. The molecule has 1 aliphatic carbocycles. The first-order valence-electron chi connectivity index (χ1n) is 6.22. The van der Waals surface area contributed by atoms with E-state index < -0.39 is 0 Å². The molecule has 1 aliphatic rings. The van der Waals surface area contributed by atoms with Gasteiger partial charge in [0, 0.05) is 28.6 Å². The summed E-state index contributed by atoms with van der Waals surface area (Å²) in [6.07, 6.45) is 6.46. The third-order valence-corrected chi connectivity index (χ3v) is 3.80. The van der Waals surface area contributed by atoms with Crippen LogP contribution < -0.4 is 5.32 Å². The fraction of sp³-hybridized carbons (Fsp3) is 0.357. The topological polar surface area (TPSA) is 29.9 Å². The Labute approximate surface area is 115 Å². The zero-order valence-corrected chi connectivity index (χ0v) is 12.2. The molecule has 0 spiro atoms. The molecule has 3 rings (SSSR count). The third-order valence-electron chi connectivity index (χ3n) is 3.34. The van der Waals surface area contributed by atoms with E-state index in [1.165, 1.54) is 24.0 Å². The van der Waals surface area contributed by atoms with Crippen molar-refractivity contribution in [3.8, 4) is 0 Å². The number of hydrogen-bond donors (Lipinski definition) is 1. The van der Waals surface area contributed by atoms with Crippen LogP contribution in [0.4, 0.5) is 11.6 Å². The fourth-order valence-electron chi connectivity index (χ4n) is 2.28. The van der Waals surface area contributed by atoms with E-state index in [4.69, 9.17) is 0 Å². The van der Waals surface area contributed by atoms with Crippen molar-refractivity contribution in [1.29, 1.82) is 0 Å². The van der Waals surface area contributed by atoms with Gasteiger partial charge in [0.2, 0.25) is 5.95 Å².